The van der Waals surface area contributed by atoms with Crippen LogP contribution in [0.15, 0.2) is 5.38 Å². The lowest BCUT2D eigenvalue weighted by Crippen LogP contribution is -2.74. The summed E-state index contributed by atoms with van der Waals surface area (Å²) in [7, 11) is 0. The molecule has 2 unspecified atom stereocenters. The molecule has 0 bridgehead atoms. The number of carbonyl (C=O) groups is 1. The van der Waals surface area contributed by atoms with Crippen molar-refractivity contribution in [3.05, 3.63) is 11.1 Å². The smallest absolute Gasteiger partial charge is 0.246 e. The Bertz CT molecular complexity index is 612. The van der Waals surface area contributed by atoms with Crippen molar-refractivity contribution in [2.24, 2.45) is 11.1 Å². The van der Waals surface area contributed by atoms with Gasteiger partial charge in [0.1, 0.15) is 5.54 Å². The fourth-order valence-electron chi connectivity index (χ4n) is 3.81. The second kappa shape index (κ2) is 7.31. The first-order valence-corrected chi connectivity index (χ1v) is 10.1. The number of nitrogens with zero attached hydrogens (tertiary/aromatic N) is 2. The second-order valence-corrected chi connectivity index (χ2v) is 8.63. The van der Waals surface area contributed by atoms with Crippen LogP contribution in [0.25, 0.3) is 0 Å². The van der Waals surface area contributed by atoms with E-state index in [-0.39, 0.29) is 17.4 Å². The number of rotatable bonds is 6. The third kappa shape index (κ3) is 3.60. The Hall–Kier alpha value is -1.02. The third-order valence-corrected chi connectivity index (χ3v) is 6.65. The summed E-state index contributed by atoms with van der Waals surface area (Å²) < 4.78 is 5.70. The fraction of sp³-hybridized carbons (Fsp3) is 0.778. The van der Waals surface area contributed by atoms with Gasteiger partial charge in [-0.1, -0.05) is 20.3 Å². The second-order valence-electron chi connectivity index (χ2n) is 7.78. The highest BCUT2D eigenvalue weighted by molar-refractivity contribution is 7.13. The summed E-state index contributed by atoms with van der Waals surface area (Å²) in [4.78, 5) is 19.8. The van der Waals surface area contributed by atoms with Crippen molar-refractivity contribution in [1.82, 2.24) is 9.88 Å². The number of thiazole rings is 1. The number of aromatic nitrogens is 1. The number of likely N-dealkylation sites (tertiary alicyclic amines) is 1. The molecule has 3 N–H and O–H groups in total. The topological polar surface area (TPSA) is 80.5 Å². The maximum atomic E-state index is 12.7. The van der Waals surface area contributed by atoms with Gasteiger partial charge in [0.15, 0.2) is 5.13 Å². The van der Waals surface area contributed by atoms with Gasteiger partial charge in [0, 0.05) is 30.4 Å². The van der Waals surface area contributed by atoms with Crippen LogP contribution in [-0.2, 0) is 16.1 Å². The molecule has 7 heteroatoms. The molecule has 1 saturated heterocycles. The van der Waals surface area contributed by atoms with E-state index >= 15 is 0 Å². The molecule has 1 amide bonds. The van der Waals surface area contributed by atoms with E-state index in [1.165, 1.54) is 30.6 Å². The lowest BCUT2D eigenvalue weighted by atomic mass is 9.54. The Balaban J connectivity index is 1.58. The maximum Gasteiger partial charge on any atom is 0.246 e. The van der Waals surface area contributed by atoms with Crippen LogP contribution in [-0.4, -0.2) is 47.1 Å². The van der Waals surface area contributed by atoms with Crippen LogP contribution in [0, 0.1) is 5.41 Å². The molecular formula is C18H30N4O2S. The molecule has 0 spiro atoms. The summed E-state index contributed by atoms with van der Waals surface area (Å²) in [5.74, 6) is -0.160. The van der Waals surface area contributed by atoms with E-state index < -0.39 is 5.54 Å². The quantitative estimate of drug-likeness (QED) is 0.809. The van der Waals surface area contributed by atoms with Gasteiger partial charge in [0.05, 0.1) is 11.8 Å². The van der Waals surface area contributed by atoms with E-state index in [0.29, 0.717) is 18.2 Å². The first-order chi connectivity index (χ1) is 11.9. The van der Waals surface area contributed by atoms with Crippen LogP contribution in [0.3, 0.4) is 0 Å². The summed E-state index contributed by atoms with van der Waals surface area (Å²) in [6.07, 6.45) is 4.43. The summed E-state index contributed by atoms with van der Waals surface area (Å²) in [6, 6.07) is 0. The minimum absolute atomic E-state index is 0.0270. The minimum Gasteiger partial charge on any atom is -0.378 e. The zero-order valence-corrected chi connectivity index (χ0v) is 16.3. The number of anilines is 1. The van der Waals surface area contributed by atoms with Gasteiger partial charge in [-0.05, 0) is 32.9 Å². The van der Waals surface area contributed by atoms with Crippen molar-refractivity contribution in [1.29, 1.82) is 0 Å². The zero-order valence-electron chi connectivity index (χ0n) is 15.5. The van der Waals surface area contributed by atoms with E-state index in [9.17, 15) is 4.79 Å². The van der Waals surface area contributed by atoms with Crippen molar-refractivity contribution in [3.63, 3.8) is 0 Å². The number of piperidine rings is 1. The number of nitrogens with one attached hydrogen (secondary N) is 1. The highest BCUT2D eigenvalue weighted by Crippen LogP contribution is 2.50. The molecule has 1 aliphatic heterocycles. The van der Waals surface area contributed by atoms with Crippen LogP contribution >= 0.6 is 11.3 Å². The molecule has 0 radical (unpaired) electrons. The van der Waals surface area contributed by atoms with Gasteiger partial charge in [0.2, 0.25) is 5.91 Å². The molecule has 25 heavy (non-hydrogen) atoms. The predicted octanol–water partition coefficient (Wildman–Crippen LogP) is 2.60. The van der Waals surface area contributed by atoms with E-state index in [0.717, 1.165) is 25.3 Å². The van der Waals surface area contributed by atoms with Crippen molar-refractivity contribution in [2.75, 3.05) is 25.0 Å². The molecule has 1 saturated carbocycles. The molecule has 2 heterocycles. The van der Waals surface area contributed by atoms with Gasteiger partial charge in [-0.3, -0.25) is 9.69 Å². The molecule has 6 nitrogen and oxygen atoms in total. The monoisotopic (exact) mass is 366 g/mol. The maximum absolute atomic E-state index is 12.7. The fourth-order valence-corrected chi connectivity index (χ4v) is 4.51. The SMILES string of the molecule is CCOC1CC(N)(C(=O)Nc2nc(CN3CCCCC3)cs2)C1(C)C. The van der Waals surface area contributed by atoms with Gasteiger partial charge in [-0.25, -0.2) is 4.98 Å². The molecular weight excluding hydrogens is 336 g/mol. The Morgan fingerprint density at radius 3 is 2.80 bits per heavy atom. The number of ether oxygens (including phenoxy) is 1. The predicted molar refractivity (Wildman–Crippen MR) is 101 cm³/mol. The molecule has 2 fully saturated rings. The van der Waals surface area contributed by atoms with Crippen LogP contribution in [0.1, 0.15) is 52.1 Å². The Labute approximate surface area is 154 Å². The van der Waals surface area contributed by atoms with E-state index in [4.69, 9.17) is 10.5 Å². The lowest BCUT2D eigenvalue weighted by molar-refractivity contribution is -0.166. The molecule has 2 atom stereocenters. The van der Waals surface area contributed by atoms with Crippen LogP contribution < -0.4 is 11.1 Å². The van der Waals surface area contributed by atoms with Crippen molar-refractivity contribution < 1.29 is 9.53 Å². The van der Waals surface area contributed by atoms with Gasteiger partial charge in [-0.15, -0.1) is 11.3 Å². The normalized spacial score (nSPS) is 29.2. The Morgan fingerprint density at radius 1 is 1.44 bits per heavy atom. The molecule has 3 rings (SSSR count). The number of hydrogen-bond donors (Lipinski definition) is 2. The minimum atomic E-state index is -0.911. The summed E-state index contributed by atoms with van der Waals surface area (Å²) >= 11 is 1.47. The summed E-state index contributed by atoms with van der Waals surface area (Å²) in [5.41, 5.74) is 6.15. The van der Waals surface area contributed by atoms with Crippen molar-refractivity contribution >= 4 is 22.4 Å². The van der Waals surface area contributed by atoms with E-state index in [1.807, 2.05) is 26.2 Å². The van der Waals surface area contributed by atoms with Gasteiger partial charge < -0.3 is 15.8 Å². The number of carbonyl (C=O) groups excluding carboxylic acids is 1. The molecule has 0 aromatic carbocycles. The Kier molecular flexibility index (Phi) is 5.48. The molecule has 1 aromatic heterocycles. The first kappa shape index (κ1) is 18.8. The van der Waals surface area contributed by atoms with Crippen LogP contribution in [0.5, 0.6) is 0 Å². The van der Waals surface area contributed by atoms with Crippen LogP contribution in [0.4, 0.5) is 5.13 Å². The zero-order chi connectivity index (χ0) is 18.1. The van der Waals surface area contributed by atoms with Crippen molar-refractivity contribution in [2.45, 2.75) is 64.6 Å². The summed E-state index contributed by atoms with van der Waals surface area (Å²) in [6.45, 7) is 9.73. The van der Waals surface area contributed by atoms with Crippen LogP contribution in [0.2, 0.25) is 0 Å². The number of amides is 1. The largest absolute Gasteiger partial charge is 0.378 e. The lowest BCUT2D eigenvalue weighted by Gasteiger charge is -2.57. The first-order valence-electron chi connectivity index (χ1n) is 9.25. The standard InChI is InChI=1S/C18H30N4O2S/c1-4-24-14-10-18(19,17(14,2)3)15(23)21-16-20-13(12-25-16)11-22-8-6-5-7-9-22/h12,14H,4-11,19H2,1-3H3,(H,20,21,23). The molecule has 1 aromatic rings. The van der Waals surface area contributed by atoms with Gasteiger partial charge in [0.25, 0.3) is 0 Å². The molecule has 2 aliphatic rings. The van der Waals surface area contributed by atoms with E-state index in [2.05, 4.69) is 15.2 Å². The number of nitrogens with two attached hydrogens (primary N) is 1. The average molecular weight is 367 g/mol. The molecule has 140 valence electrons. The number of hydrogen-bond acceptors (Lipinski definition) is 6. The van der Waals surface area contributed by atoms with E-state index in [1.54, 1.807) is 0 Å². The van der Waals surface area contributed by atoms with Gasteiger partial charge >= 0.3 is 0 Å². The van der Waals surface area contributed by atoms with Crippen molar-refractivity contribution in [3.8, 4) is 0 Å². The molecule has 1 aliphatic carbocycles. The summed E-state index contributed by atoms with van der Waals surface area (Å²) in [5, 5.41) is 5.60. The highest BCUT2D eigenvalue weighted by Gasteiger charge is 2.63. The average Bonchev–Trinajstić information content (AvgIpc) is 3.02. The van der Waals surface area contributed by atoms with Gasteiger partial charge in [-0.2, -0.15) is 0 Å². The highest BCUT2D eigenvalue weighted by atomic mass is 32.1. The Morgan fingerprint density at radius 2 is 2.16 bits per heavy atom. The third-order valence-electron chi connectivity index (χ3n) is 5.84.